The Morgan fingerprint density at radius 1 is 0.933 bits per heavy atom. The van der Waals surface area contributed by atoms with Crippen molar-refractivity contribution in [2.24, 2.45) is 0 Å². The fourth-order valence-corrected chi connectivity index (χ4v) is 2.98. The van der Waals surface area contributed by atoms with Crippen LogP contribution in [0.3, 0.4) is 0 Å². The second kappa shape index (κ2) is 11.4. The van der Waals surface area contributed by atoms with Crippen molar-refractivity contribution in [2.75, 3.05) is 24.6 Å². The third-order valence-electron chi connectivity index (χ3n) is 4.27. The van der Waals surface area contributed by atoms with Crippen molar-refractivity contribution in [1.82, 2.24) is 10.9 Å². The number of carbonyl (C=O) groups excluding carboxylic acids is 3. The minimum atomic E-state index is -0.661. The summed E-state index contributed by atoms with van der Waals surface area (Å²) in [7, 11) is 0. The van der Waals surface area contributed by atoms with Crippen molar-refractivity contribution in [3.8, 4) is 0 Å². The minimum Gasteiger partial charge on any atom is -0.455 e. The highest BCUT2D eigenvalue weighted by atomic mass is 35.5. The molecule has 2 aromatic rings. The summed E-state index contributed by atoms with van der Waals surface area (Å²) < 4.78 is 4.90. The van der Waals surface area contributed by atoms with Gasteiger partial charge in [0, 0.05) is 24.3 Å². The molecule has 0 fully saturated rings. The van der Waals surface area contributed by atoms with E-state index < -0.39 is 24.4 Å². The highest BCUT2D eigenvalue weighted by Crippen LogP contribution is 2.22. The number of benzene rings is 2. The molecule has 7 nitrogen and oxygen atoms in total. The Hall–Kier alpha value is -2.77. The van der Waals surface area contributed by atoms with Crippen LogP contribution in [0.2, 0.25) is 10.0 Å². The molecule has 160 valence electrons. The number of anilines is 1. The lowest BCUT2D eigenvalue weighted by Crippen LogP contribution is -2.43. The Morgan fingerprint density at radius 3 is 2.20 bits per heavy atom. The van der Waals surface area contributed by atoms with Crippen molar-refractivity contribution in [1.29, 1.82) is 0 Å². The molecule has 9 heteroatoms. The van der Waals surface area contributed by atoms with Gasteiger partial charge in [-0.1, -0.05) is 29.3 Å². The molecule has 2 amide bonds. The van der Waals surface area contributed by atoms with Crippen LogP contribution in [0.15, 0.2) is 42.5 Å². The van der Waals surface area contributed by atoms with E-state index in [-0.39, 0.29) is 6.42 Å². The van der Waals surface area contributed by atoms with Crippen molar-refractivity contribution < 1.29 is 19.1 Å². The van der Waals surface area contributed by atoms with Gasteiger partial charge in [0.15, 0.2) is 6.61 Å². The first-order chi connectivity index (χ1) is 14.3. The lowest BCUT2D eigenvalue weighted by molar-refractivity contribution is -0.148. The fraction of sp³-hybridized carbons (Fsp3) is 0.286. The zero-order valence-corrected chi connectivity index (χ0v) is 18.2. The maximum absolute atomic E-state index is 12.1. The van der Waals surface area contributed by atoms with Gasteiger partial charge in [-0.2, -0.15) is 0 Å². The summed E-state index contributed by atoms with van der Waals surface area (Å²) >= 11 is 11.7. The third kappa shape index (κ3) is 6.93. The van der Waals surface area contributed by atoms with Crippen LogP contribution in [-0.2, 0) is 20.7 Å². The summed E-state index contributed by atoms with van der Waals surface area (Å²) in [6, 6.07) is 11.8. The van der Waals surface area contributed by atoms with Crippen LogP contribution < -0.4 is 15.8 Å². The SMILES string of the molecule is CCN(CC)c1ccc(C(=O)NNC(=O)COC(=O)Cc2ccc(Cl)c(Cl)c2)cc1. The van der Waals surface area contributed by atoms with Gasteiger partial charge in [-0.25, -0.2) is 0 Å². The van der Waals surface area contributed by atoms with Crippen LogP contribution in [-0.4, -0.2) is 37.5 Å². The first kappa shape index (κ1) is 23.5. The summed E-state index contributed by atoms with van der Waals surface area (Å²) in [6.07, 6.45) is -0.0601. The number of rotatable bonds is 8. The van der Waals surface area contributed by atoms with Crippen molar-refractivity contribution in [3.63, 3.8) is 0 Å². The Morgan fingerprint density at radius 2 is 1.60 bits per heavy atom. The molecule has 0 aliphatic heterocycles. The van der Waals surface area contributed by atoms with Crippen LogP contribution in [0.4, 0.5) is 5.69 Å². The molecular formula is C21H23Cl2N3O4. The topological polar surface area (TPSA) is 87.7 Å². The van der Waals surface area contributed by atoms with E-state index in [1.54, 1.807) is 30.3 Å². The third-order valence-corrected chi connectivity index (χ3v) is 5.01. The van der Waals surface area contributed by atoms with Crippen LogP contribution in [0.5, 0.6) is 0 Å². The van der Waals surface area contributed by atoms with Crippen LogP contribution >= 0.6 is 23.2 Å². The largest absolute Gasteiger partial charge is 0.455 e. The van der Waals surface area contributed by atoms with E-state index >= 15 is 0 Å². The zero-order valence-electron chi connectivity index (χ0n) is 16.7. The number of esters is 1. The van der Waals surface area contributed by atoms with E-state index in [4.69, 9.17) is 27.9 Å². The number of nitrogens with zero attached hydrogens (tertiary/aromatic N) is 1. The molecule has 30 heavy (non-hydrogen) atoms. The van der Waals surface area contributed by atoms with Gasteiger partial charge >= 0.3 is 5.97 Å². The molecule has 0 radical (unpaired) electrons. The predicted octanol–water partition coefficient (Wildman–Crippen LogP) is 3.39. The first-order valence-electron chi connectivity index (χ1n) is 9.37. The van der Waals surface area contributed by atoms with E-state index in [0.717, 1.165) is 18.8 Å². The van der Waals surface area contributed by atoms with E-state index in [1.165, 1.54) is 0 Å². The van der Waals surface area contributed by atoms with Gasteiger partial charge < -0.3 is 9.64 Å². The number of hydrogen-bond donors (Lipinski definition) is 2. The minimum absolute atomic E-state index is 0.0601. The highest BCUT2D eigenvalue weighted by molar-refractivity contribution is 6.42. The number of nitrogens with one attached hydrogen (secondary N) is 2. The molecule has 0 bridgehead atoms. The molecule has 0 aromatic heterocycles. The molecule has 0 saturated carbocycles. The number of amides is 2. The Bertz CT molecular complexity index is 900. The van der Waals surface area contributed by atoms with Gasteiger partial charge in [-0.3, -0.25) is 25.2 Å². The smallest absolute Gasteiger partial charge is 0.310 e. The Balaban J connectivity index is 1.76. The number of hydrogen-bond acceptors (Lipinski definition) is 5. The molecular weight excluding hydrogens is 429 g/mol. The number of ether oxygens (including phenoxy) is 1. The van der Waals surface area contributed by atoms with Gasteiger partial charge in [-0.05, 0) is 55.8 Å². The van der Waals surface area contributed by atoms with Gasteiger partial charge in [-0.15, -0.1) is 0 Å². The van der Waals surface area contributed by atoms with Gasteiger partial charge in [0.25, 0.3) is 11.8 Å². The standard InChI is InChI=1S/C21H23Cl2N3O4/c1-3-26(4-2)16-8-6-15(7-9-16)21(29)25-24-19(27)13-30-20(28)12-14-5-10-17(22)18(23)11-14/h5-11H,3-4,12-13H2,1-2H3,(H,24,27)(H,25,29). The molecule has 0 heterocycles. The van der Waals surface area contributed by atoms with Gasteiger partial charge in [0.05, 0.1) is 16.5 Å². The Labute approximate surface area is 185 Å². The van der Waals surface area contributed by atoms with Crippen molar-refractivity contribution in [2.45, 2.75) is 20.3 Å². The summed E-state index contributed by atoms with van der Waals surface area (Å²) in [4.78, 5) is 37.9. The molecule has 0 unspecified atom stereocenters. The van der Waals surface area contributed by atoms with Crippen molar-refractivity contribution >= 4 is 46.7 Å². The lowest BCUT2D eigenvalue weighted by atomic mass is 10.1. The molecule has 0 aliphatic carbocycles. The average molecular weight is 452 g/mol. The summed E-state index contributed by atoms with van der Waals surface area (Å²) in [5, 5.41) is 0.708. The lowest BCUT2D eigenvalue weighted by Gasteiger charge is -2.21. The molecule has 0 aliphatic rings. The Kier molecular flexibility index (Phi) is 8.95. The predicted molar refractivity (Wildman–Crippen MR) is 117 cm³/mol. The molecule has 2 aromatic carbocycles. The van der Waals surface area contributed by atoms with E-state index in [0.29, 0.717) is 21.2 Å². The molecule has 2 N–H and O–H groups in total. The van der Waals surface area contributed by atoms with Gasteiger partial charge in [0.2, 0.25) is 0 Å². The van der Waals surface area contributed by atoms with Crippen LogP contribution in [0, 0.1) is 0 Å². The maximum Gasteiger partial charge on any atom is 0.310 e. The molecule has 0 atom stereocenters. The van der Waals surface area contributed by atoms with E-state index in [2.05, 4.69) is 29.6 Å². The van der Waals surface area contributed by atoms with Crippen LogP contribution in [0.25, 0.3) is 0 Å². The van der Waals surface area contributed by atoms with E-state index in [9.17, 15) is 14.4 Å². The van der Waals surface area contributed by atoms with Crippen molar-refractivity contribution in [3.05, 3.63) is 63.6 Å². The second-order valence-corrected chi connectivity index (χ2v) is 7.12. The molecule has 0 spiro atoms. The number of halogens is 2. The second-order valence-electron chi connectivity index (χ2n) is 6.31. The molecule has 0 saturated heterocycles. The summed E-state index contributed by atoms with van der Waals surface area (Å²) in [5.41, 5.74) is 6.51. The molecule has 2 rings (SSSR count). The van der Waals surface area contributed by atoms with Gasteiger partial charge in [0.1, 0.15) is 0 Å². The normalized spacial score (nSPS) is 10.3. The van der Waals surface area contributed by atoms with Crippen LogP contribution in [0.1, 0.15) is 29.8 Å². The summed E-state index contributed by atoms with van der Waals surface area (Å²) in [5.74, 6) is -1.75. The highest BCUT2D eigenvalue weighted by Gasteiger charge is 2.12. The monoisotopic (exact) mass is 451 g/mol. The first-order valence-corrected chi connectivity index (χ1v) is 10.1. The van der Waals surface area contributed by atoms with E-state index in [1.807, 2.05) is 12.1 Å². The number of hydrazine groups is 1. The summed E-state index contributed by atoms with van der Waals surface area (Å²) in [6.45, 7) is 5.30. The zero-order chi connectivity index (χ0) is 22.1. The number of carbonyl (C=O) groups is 3. The maximum atomic E-state index is 12.1. The average Bonchev–Trinajstić information content (AvgIpc) is 2.74. The fourth-order valence-electron chi connectivity index (χ4n) is 2.66. The quantitative estimate of drug-likeness (QED) is 0.474.